The van der Waals surface area contributed by atoms with Gasteiger partial charge < -0.3 is 0 Å². The van der Waals surface area contributed by atoms with Crippen molar-refractivity contribution in [1.29, 1.82) is 10.5 Å². The molecule has 1 heterocycles. The zero-order valence-corrected chi connectivity index (χ0v) is 21.3. The number of carbonyl (C=O) groups excluding carboxylic acids is 1. The minimum absolute atomic E-state index is 0.0922. The summed E-state index contributed by atoms with van der Waals surface area (Å²) >= 11 is 1.91. The Morgan fingerprint density at radius 1 is 0.718 bits per heavy atom. The highest BCUT2D eigenvalue weighted by Crippen LogP contribution is 2.44. The van der Waals surface area contributed by atoms with Gasteiger partial charge in [-0.3, -0.25) is 25.0 Å². The van der Waals surface area contributed by atoms with Gasteiger partial charge in [-0.15, -0.1) is 11.3 Å². The molecule has 6 rings (SSSR count). The normalized spacial score (nSPS) is 11.2. The van der Waals surface area contributed by atoms with Crippen molar-refractivity contribution in [1.82, 2.24) is 0 Å². The number of non-ortho nitro benzene ring substituents is 2. The van der Waals surface area contributed by atoms with E-state index in [0.29, 0.717) is 0 Å². The van der Waals surface area contributed by atoms with Gasteiger partial charge in [-0.1, -0.05) is 36.4 Å². The predicted molar refractivity (Wildman–Crippen MR) is 147 cm³/mol. The fourth-order valence-electron chi connectivity index (χ4n) is 4.78. The van der Waals surface area contributed by atoms with Crippen molar-refractivity contribution in [3.63, 3.8) is 0 Å². The van der Waals surface area contributed by atoms with E-state index in [2.05, 4.69) is 50.2 Å². The molecule has 5 aromatic rings. The number of ketones is 1. The quantitative estimate of drug-likeness (QED) is 0.170. The van der Waals surface area contributed by atoms with Crippen LogP contribution in [0.25, 0.3) is 31.3 Å². The molecule has 10 heteroatoms. The van der Waals surface area contributed by atoms with Crippen molar-refractivity contribution in [3.8, 4) is 23.3 Å². The third-order valence-corrected chi connectivity index (χ3v) is 8.06. The summed E-state index contributed by atoms with van der Waals surface area (Å²) in [6, 6.07) is 20.7. The van der Waals surface area contributed by atoms with Gasteiger partial charge in [-0.2, -0.15) is 10.5 Å². The van der Waals surface area contributed by atoms with Crippen LogP contribution in [0.4, 0.5) is 11.4 Å². The fraction of sp³-hybridized carbons (Fsp3) is 0.0690. The first-order valence-corrected chi connectivity index (χ1v) is 12.4. The highest BCUT2D eigenvalue weighted by atomic mass is 32.1. The number of carbonyl (C=O) groups is 1. The maximum Gasteiger partial charge on any atom is 0.271 e. The first kappa shape index (κ1) is 25.2. The van der Waals surface area contributed by atoms with E-state index in [1.54, 1.807) is 12.1 Å². The molecular weight excluding hydrogens is 516 g/mol. The van der Waals surface area contributed by atoms with E-state index in [9.17, 15) is 35.5 Å². The number of benzene rings is 4. The van der Waals surface area contributed by atoms with Crippen LogP contribution in [-0.4, -0.2) is 15.6 Å². The topological polar surface area (TPSA) is 151 Å². The standard InChI is InChI=1S/C15H4N4O5.C14H12S/c16-5-7-1-9(18(21)22)3-11-13(7)14-8(6-17)2-10(19(23)24)4-12(14)15(11)20;1-9-5-3-7-11-12-8-4-6-10(2)14(12)15-13(9)11/h1-4H;3-8H,1-2H3. The highest BCUT2D eigenvalue weighted by Gasteiger charge is 2.35. The number of nitro benzene ring substituents is 2. The van der Waals surface area contributed by atoms with E-state index in [1.807, 2.05) is 11.3 Å². The Balaban J connectivity index is 0.000000175. The molecule has 0 fully saturated rings. The average molecular weight is 533 g/mol. The number of hydrogen-bond donors (Lipinski definition) is 0. The molecule has 0 saturated heterocycles. The lowest BCUT2D eigenvalue weighted by Gasteiger charge is -2.05. The van der Waals surface area contributed by atoms with Crippen LogP contribution >= 0.6 is 11.3 Å². The van der Waals surface area contributed by atoms with Crippen molar-refractivity contribution >= 4 is 48.7 Å². The second-order valence-electron chi connectivity index (χ2n) is 8.90. The van der Waals surface area contributed by atoms with Gasteiger partial charge in [-0.05, 0) is 25.0 Å². The van der Waals surface area contributed by atoms with E-state index >= 15 is 0 Å². The van der Waals surface area contributed by atoms with Crippen molar-refractivity contribution in [2.45, 2.75) is 13.8 Å². The third-order valence-electron chi connectivity index (χ3n) is 6.57. The van der Waals surface area contributed by atoms with Crippen LogP contribution in [0.3, 0.4) is 0 Å². The molecule has 39 heavy (non-hydrogen) atoms. The zero-order chi connectivity index (χ0) is 28.0. The Morgan fingerprint density at radius 3 is 1.49 bits per heavy atom. The number of fused-ring (bicyclic) bond motifs is 6. The van der Waals surface area contributed by atoms with Crippen molar-refractivity contribution < 1.29 is 14.6 Å². The van der Waals surface area contributed by atoms with Crippen LogP contribution in [0.2, 0.25) is 0 Å². The molecule has 1 aliphatic rings. The first-order chi connectivity index (χ1) is 18.7. The lowest BCUT2D eigenvalue weighted by atomic mass is 9.95. The van der Waals surface area contributed by atoms with E-state index in [0.717, 1.165) is 24.3 Å². The molecule has 0 aliphatic heterocycles. The molecule has 0 bridgehead atoms. The zero-order valence-electron chi connectivity index (χ0n) is 20.5. The largest absolute Gasteiger partial charge is 0.289 e. The summed E-state index contributed by atoms with van der Waals surface area (Å²) in [4.78, 5) is 32.9. The molecular formula is C29H16N4O5S. The number of hydrogen-bond acceptors (Lipinski definition) is 8. The van der Waals surface area contributed by atoms with Gasteiger partial charge in [-0.25, -0.2) is 0 Å². The monoisotopic (exact) mass is 532 g/mol. The highest BCUT2D eigenvalue weighted by molar-refractivity contribution is 7.26. The molecule has 0 radical (unpaired) electrons. The Hall–Kier alpha value is -5.45. The summed E-state index contributed by atoms with van der Waals surface area (Å²) in [7, 11) is 0. The van der Waals surface area contributed by atoms with Crippen molar-refractivity contribution in [3.05, 3.63) is 114 Å². The van der Waals surface area contributed by atoms with Crippen molar-refractivity contribution in [2.24, 2.45) is 0 Å². The Morgan fingerprint density at radius 2 is 1.13 bits per heavy atom. The second-order valence-corrected chi connectivity index (χ2v) is 9.92. The van der Waals surface area contributed by atoms with Gasteiger partial charge in [0.15, 0.2) is 5.78 Å². The summed E-state index contributed by atoms with van der Waals surface area (Å²) in [5, 5.41) is 43.2. The van der Waals surface area contributed by atoms with Crippen LogP contribution in [0.1, 0.15) is 38.2 Å². The maximum atomic E-state index is 12.5. The molecule has 188 valence electrons. The minimum atomic E-state index is -0.745. The number of nitro groups is 2. The van der Waals surface area contributed by atoms with E-state index in [1.165, 1.54) is 31.3 Å². The molecule has 1 aromatic heterocycles. The number of aryl methyl sites for hydroxylation is 2. The van der Waals surface area contributed by atoms with Crippen LogP contribution in [0.15, 0.2) is 60.7 Å². The molecule has 0 spiro atoms. The van der Waals surface area contributed by atoms with E-state index in [4.69, 9.17) is 0 Å². The molecule has 0 saturated carbocycles. The maximum absolute atomic E-state index is 12.5. The lowest BCUT2D eigenvalue weighted by molar-refractivity contribution is -0.385. The summed E-state index contributed by atoms with van der Waals surface area (Å²) in [5.74, 6) is -0.694. The smallest absolute Gasteiger partial charge is 0.271 e. The Bertz CT molecular complexity index is 1860. The Labute approximate surface area is 225 Å². The predicted octanol–water partition coefficient (Wildman–Crippen LogP) is 7.13. The number of nitrogens with zero attached hydrogens (tertiary/aromatic N) is 4. The van der Waals surface area contributed by atoms with Crippen LogP contribution in [-0.2, 0) is 0 Å². The summed E-state index contributed by atoms with van der Waals surface area (Å²) < 4.78 is 2.86. The summed E-state index contributed by atoms with van der Waals surface area (Å²) in [5.41, 5.74) is 1.54. The molecule has 0 unspecified atom stereocenters. The second kappa shape index (κ2) is 9.45. The molecule has 0 amide bonds. The molecule has 0 N–H and O–H groups in total. The van der Waals surface area contributed by atoms with Crippen LogP contribution in [0.5, 0.6) is 0 Å². The van der Waals surface area contributed by atoms with Gasteiger partial charge in [0.05, 0.1) is 21.0 Å². The molecule has 4 aromatic carbocycles. The van der Waals surface area contributed by atoms with E-state index < -0.39 is 27.0 Å². The first-order valence-electron chi connectivity index (χ1n) is 11.5. The molecule has 0 atom stereocenters. The van der Waals surface area contributed by atoms with Crippen molar-refractivity contribution in [2.75, 3.05) is 0 Å². The summed E-state index contributed by atoms with van der Waals surface area (Å²) in [6.45, 7) is 4.38. The van der Waals surface area contributed by atoms with Crippen LogP contribution < -0.4 is 0 Å². The SMILES string of the molecule is Cc1cccc2c1sc1c(C)cccc12.N#Cc1cc([N+](=O)[O-])cc2c1-c1c(C#N)cc([N+](=O)[O-])cc1C2=O. The lowest BCUT2D eigenvalue weighted by Crippen LogP contribution is -1.99. The summed E-state index contributed by atoms with van der Waals surface area (Å²) in [6.07, 6.45) is 0. The Kier molecular flexibility index (Phi) is 6.11. The van der Waals surface area contributed by atoms with E-state index in [-0.39, 0.29) is 33.4 Å². The number of rotatable bonds is 2. The third kappa shape index (κ3) is 4.06. The van der Waals surface area contributed by atoms with Gasteiger partial charge >= 0.3 is 0 Å². The molecule has 1 aliphatic carbocycles. The van der Waals surface area contributed by atoms with Gasteiger partial charge in [0.2, 0.25) is 0 Å². The van der Waals surface area contributed by atoms with Gasteiger partial charge in [0.25, 0.3) is 11.4 Å². The minimum Gasteiger partial charge on any atom is -0.289 e. The van der Waals surface area contributed by atoms with Gasteiger partial charge in [0, 0.05) is 66.7 Å². The average Bonchev–Trinajstić information content (AvgIpc) is 3.45. The van der Waals surface area contributed by atoms with Gasteiger partial charge in [0.1, 0.15) is 12.1 Å². The van der Waals surface area contributed by atoms with Crippen LogP contribution in [0, 0.1) is 56.7 Å². The number of nitriles is 2. The molecule has 9 nitrogen and oxygen atoms in total. The number of thiophene rings is 1. The fourth-order valence-corrected chi connectivity index (χ4v) is 6.02.